The zero-order chi connectivity index (χ0) is 18.4. The summed E-state index contributed by atoms with van der Waals surface area (Å²) in [5.41, 5.74) is 2.15. The Kier molecular flexibility index (Phi) is 5.94. The van der Waals surface area contributed by atoms with Gasteiger partial charge in [-0.25, -0.2) is 4.98 Å². The number of nitrogens with zero attached hydrogens (tertiary/aromatic N) is 1. The smallest absolute Gasteiger partial charge is 0.226 e. The first-order chi connectivity index (χ1) is 12.7. The summed E-state index contributed by atoms with van der Waals surface area (Å²) in [6, 6.07) is 9.75. The maximum Gasteiger partial charge on any atom is 0.226 e. The molecule has 2 heterocycles. The van der Waals surface area contributed by atoms with Crippen LogP contribution in [0.1, 0.15) is 17.5 Å². The minimum atomic E-state index is -0.165. The number of carbonyl (C=O) groups excluding carboxylic acids is 1. The third-order valence-electron chi connectivity index (χ3n) is 4.42. The largest absolute Gasteiger partial charge is 0.493 e. The third kappa shape index (κ3) is 4.45. The Morgan fingerprint density at radius 2 is 2.19 bits per heavy atom. The Labute approximate surface area is 153 Å². The van der Waals surface area contributed by atoms with Gasteiger partial charge in [0.15, 0.2) is 11.5 Å². The number of methoxy groups -OCH3 is 1. The van der Waals surface area contributed by atoms with Crippen LogP contribution in [-0.4, -0.2) is 37.7 Å². The second-order valence-corrected chi connectivity index (χ2v) is 6.45. The summed E-state index contributed by atoms with van der Waals surface area (Å²) in [4.78, 5) is 16.7. The van der Waals surface area contributed by atoms with Gasteiger partial charge in [0.05, 0.1) is 13.0 Å². The van der Waals surface area contributed by atoms with E-state index in [4.69, 9.17) is 9.47 Å². The molecule has 0 aliphatic carbocycles. The Bertz CT molecular complexity index is 746. The number of fused-ring (bicyclic) bond motifs is 1. The van der Waals surface area contributed by atoms with Crippen molar-refractivity contribution in [1.29, 1.82) is 0 Å². The molecule has 138 valence electrons. The molecule has 0 saturated heterocycles. The van der Waals surface area contributed by atoms with Gasteiger partial charge in [0.25, 0.3) is 0 Å². The number of nitrogens with one attached hydrogen (secondary N) is 2. The fourth-order valence-corrected chi connectivity index (χ4v) is 2.96. The lowest BCUT2D eigenvalue weighted by Crippen LogP contribution is -2.38. The standard InChI is InChI=1S/C20H25N3O3/c1-14-7-8-18(23-12-14)21-9-4-10-22-20(24)16-11-15-5-3-6-17(25-2)19(15)26-13-16/h3,5-8,12,16H,4,9-11,13H2,1-2H3,(H,21,23)(H,22,24). The van der Waals surface area contributed by atoms with Crippen LogP contribution in [0.25, 0.3) is 0 Å². The van der Waals surface area contributed by atoms with Crippen molar-refractivity contribution in [2.45, 2.75) is 19.8 Å². The van der Waals surface area contributed by atoms with Gasteiger partial charge in [-0.2, -0.15) is 0 Å². The number of pyridine rings is 1. The van der Waals surface area contributed by atoms with Crippen LogP contribution >= 0.6 is 0 Å². The molecule has 2 N–H and O–H groups in total. The van der Waals surface area contributed by atoms with Crippen molar-refractivity contribution < 1.29 is 14.3 Å². The van der Waals surface area contributed by atoms with Gasteiger partial charge in [-0.15, -0.1) is 0 Å². The van der Waals surface area contributed by atoms with E-state index >= 15 is 0 Å². The fraction of sp³-hybridized carbons (Fsp3) is 0.400. The molecule has 0 spiro atoms. The van der Waals surface area contributed by atoms with E-state index in [0.717, 1.165) is 41.4 Å². The number of ether oxygens (including phenoxy) is 2. The molecule has 0 bridgehead atoms. The topological polar surface area (TPSA) is 72.5 Å². The summed E-state index contributed by atoms with van der Waals surface area (Å²) in [7, 11) is 1.62. The molecule has 1 aliphatic rings. The molecule has 1 aromatic heterocycles. The minimum Gasteiger partial charge on any atom is -0.493 e. The zero-order valence-corrected chi connectivity index (χ0v) is 15.2. The number of hydrogen-bond acceptors (Lipinski definition) is 5. The van der Waals surface area contributed by atoms with Crippen LogP contribution in [0.3, 0.4) is 0 Å². The molecule has 1 atom stereocenters. The van der Waals surface area contributed by atoms with E-state index in [-0.39, 0.29) is 11.8 Å². The average Bonchev–Trinajstić information content (AvgIpc) is 2.68. The average molecular weight is 355 g/mol. The SMILES string of the molecule is COc1cccc2c1OCC(C(=O)NCCCNc1ccc(C)cn1)C2. The third-order valence-corrected chi connectivity index (χ3v) is 4.42. The van der Waals surface area contributed by atoms with E-state index in [0.29, 0.717) is 19.6 Å². The van der Waals surface area contributed by atoms with Crippen molar-refractivity contribution >= 4 is 11.7 Å². The van der Waals surface area contributed by atoms with Crippen LogP contribution in [0.4, 0.5) is 5.82 Å². The van der Waals surface area contributed by atoms with Crippen molar-refractivity contribution in [3.63, 3.8) is 0 Å². The van der Waals surface area contributed by atoms with Crippen LogP contribution in [0.15, 0.2) is 36.5 Å². The van der Waals surface area contributed by atoms with Crippen molar-refractivity contribution in [2.75, 3.05) is 32.1 Å². The van der Waals surface area contributed by atoms with Gasteiger partial charge in [0.1, 0.15) is 12.4 Å². The van der Waals surface area contributed by atoms with Crippen LogP contribution in [0.5, 0.6) is 11.5 Å². The van der Waals surface area contributed by atoms with Crippen LogP contribution in [0, 0.1) is 12.8 Å². The molecule has 26 heavy (non-hydrogen) atoms. The number of benzene rings is 1. The molecule has 0 radical (unpaired) electrons. The number of rotatable bonds is 7. The van der Waals surface area contributed by atoms with Gasteiger partial charge in [-0.1, -0.05) is 18.2 Å². The minimum absolute atomic E-state index is 0.0342. The van der Waals surface area contributed by atoms with E-state index < -0.39 is 0 Å². The summed E-state index contributed by atoms with van der Waals surface area (Å²) in [6.07, 6.45) is 3.34. The van der Waals surface area contributed by atoms with E-state index in [1.54, 1.807) is 7.11 Å². The maximum absolute atomic E-state index is 12.4. The predicted molar refractivity (Wildman–Crippen MR) is 101 cm³/mol. The van der Waals surface area contributed by atoms with Crippen molar-refractivity contribution in [2.24, 2.45) is 5.92 Å². The molecule has 3 rings (SSSR count). The van der Waals surface area contributed by atoms with Gasteiger partial charge in [0, 0.05) is 19.3 Å². The Morgan fingerprint density at radius 1 is 1.31 bits per heavy atom. The quantitative estimate of drug-likeness (QED) is 0.747. The molecule has 1 aromatic carbocycles. The van der Waals surface area contributed by atoms with E-state index in [2.05, 4.69) is 15.6 Å². The number of amides is 1. The van der Waals surface area contributed by atoms with Crippen LogP contribution in [0.2, 0.25) is 0 Å². The second kappa shape index (κ2) is 8.56. The molecule has 0 saturated carbocycles. The molecule has 2 aromatic rings. The lowest BCUT2D eigenvalue weighted by Gasteiger charge is -2.25. The van der Waals surface area contributed by atoms with E-state index in [9.17, 15) is 4.79 Å². The summed E-state index contributed by atoms with van der Waals surface area (Å²) in [5, 5.41) is 6.25. The molecule has 6 nitrogen and oxygen atoms in total. The first-order valence-electron chi connectivity index (χ1n) is 8.90. The Morgan fingerprint density at radius 3 is 2.96 bits per heavy atom. The highest BCUT2D eigenvalue weighted by Gasteiger charge is 2.27. The van der Waals surface area contributed by atoms with Crippen LogP contribution < -0.4 is 20.1 Å². The number of para-hydroxylation sites is 1. The van der Waals surface area contributed by atoms with Crippen LogP contribution in [-0.2, 0) is 11.2 Å². The Balaban J connectivity index is 1.40. The fourth-order valence-electron chi connectivity index (χ4n) is 2.96. The van der Waals surface area contributed by atoms with Gasteiger partial charge in [-0.3, -0.25) is 4.79 Å². The van der Waals surface area contributed by atoms with Gasteiger partial charge >= 0.3 is 0 Å². The number of anilines is 1. The van der Waals surface area contributed by atoms with Gasteiger partial charge < -0.3 is 20.1 Å². The highest BCUT2D eigenvalue weighted by Crippen LogP contribution is 2.35. The molecule has 0 fully saturated rings. The van der Waals surface area contributed by atoms with E-state index in [1.165, 1.54) is 0 Å². The summed E-state index contributed by atoms with van der Waals surface area (Å²) >= 11 is 0. The number of aryl methyl sites for hydroxylation is 1. The molecule has 1 aliphatic heterocycles. The van der Waals surface area contributed by atoms with Gasteiger partial charge in [-0.05, 0) is 43.0 Å². The van der Waals surface area contributed by atoms with Crippen molar-refractivity contribution in [3.05, 3.63) is 47.7 Å². The normalized spacial score (nSPS) is 15.5. The summed E-state index contributed by atoms with van der Waals surface area (Å²) in [6.45, 7) is 3.78. The van der Waals surface area contributed by atoms with Crippen molar-refractivity contribution in [3.8, 4) is 11.5 Å². The number of carbonyl (C=O) groups is 1. The predicted octanol–water partition coefficient (Wildman–Crippen LogP) is 2.57. The summed E-state index contributed by atoms with van der Waals surface area (Å²) < 4.78 is 11.1. The molecule has 1 unspecified atom stereocenters. The number of hydrogen-bond donors (Lipinski definition) is 2. The lowest BCUT2D eigenvalue weighted by molar-refractivity contribution is -0.126. The van der Waals surface area contributed by atoms with E-state index in [1.807, 2.05) is 43.5 Å². The molecule has 6 heteroatoms. The van der Waals surface area contributed by atoms with Gasteiger partial charge in [0.2, 0.25) is 5.91 Å². The Hall–Kier alpha value is -2.76. The van der Waals surface area contributed by atoms with Crippen molar-refractivity contribution in [1.82, 2.24) is 10.3 Å². The maximum atomic E-state index is 12.4. The highest BCUT2D eigenvalue weighted by atomic mass is 16.5. The molecular weight excluding hydrogens is 330 g/mol. The molecule has 1 amide bonds. The number of aromatic nitrogens is 1. The molecular formula is C20H25N3O3. The lowest BCUT2D eigenvalue weighted by atomic mass is 9.95. The summed E-state index contributed by atoms with van der Waals surface area (Å²) in [5.74, 6) is 2.20. The first kappa shape index (κ1) is 18.0. The highest BCUT2D eigenvalue weighted by molar-refractivity contribution is 5.79. The zero-order valence-electron chi connectivity index (χ0n) is 15.2. The second-order valence-electron chi connectivity index (χ2n) is 6.45. The first-order valence-corrected chi connectivity index (χ1v) is 8.90. The monoisotopic (exact) mass is 355 g/mol.